The molecule has 0 radical (unpaired) electrons. The first kappa shape index (κ1) is 16.8. The van der Waals surface area contributed by atoms with Crippen LogP contribution in [0.2, 0.25) is 0 Å². The molecule has 20 heavy (non-hydrogen) atoms. The Hall–Kier alpha value is -1.30. The predicted octanol–water partition coefficient (Wildman–Crippen LogP) is 2.56. The van der Waals surface area contributed by atoms with Crippen molar-refractivity contribution in [3.05, 3.63) is 18.5 Å². The molecule has 0 aromatic carbocycles. The Bertz CT molecular complexity index is 482. The Balaban J connectivity index is 2.73. The molecule has 0 saturated carbocycles. The molecule has 1 unspecified atom stereocenters. The molecule has 1 aromatic heterocycles. The van der Waals surface area contributed by atoms with Crippen LogP contribution in [0.25, 0.3) is 0 Å². The zero-order valence-corrected chi connectivity index (χ0v) is 13.8. The second-order valence-electron chi connectivity index (χ2n) is 5.42. The lowest BCUT2D eigenvalue weighted by molar-refractivity contribution is -0.121. The van der Waals surface area contributed by atoms with Crippen LogP contribution in [0.3, 0.4) is 0 Å². The maximum atomic E-state index is 12.2. The highest BCUT2D eigenvalue weighted by Gasteiger charge is 2.24. The fourth-order valence-corrected chi connectivity index (χ4v) is 2.43. The van der Waals surface area contributed by atoms with Gasteiger partial charge in [0.2, 0.25) is 5.91 Å². The van der Waals surface area contributed by atoms with E-state index in [0.717, 1.165) is 17.4 Å². The van der Waals surface area contributed by atoms with Crippen LogP contribution in [-0.2, 0) is 11.3 Å². The van der Waals surface area contributed by atoms with Gasteiger partial charge in [0.15, 0.2) is 5.16 Å². The minimum Gasteiger partial charge on any atom is -0.350 e. The summed E-state index contributed by atoms with van der Waals surface area (Å²) >= 11 is 1.42. The summed E-state index contributed by atoms with van der Waals surface area (Å²) < 4.78 is 1.95. The molecule has 1 aromatic rings. The van der Waals surface area contributed by atoms with Crippen molar-refractivity contribution in [1.29, 1.82) is 0 Å². The molecule has 0 saturated heterocycles. The van der Waals surface area contributed by atoms with Gasteiger partial charge in [0, 0.05) is 12.1 Å². The summed E-state index contributed by atoms with van der Waals surface area (Å²) in [4.78, 5) is 12.2. The highest BCUT2D eigenvalue weighted by Crippen LogP contribution is 2.23. The summed E-state index contributed by atoms with van der Waals surface area (Å²) in [6.45, 7) is 14.3. The average molecular weight is 296 g/mol. The number of rotatable bonds is 7. The SMILES string of the molecule is C=CCn1c(C)nnc1SC(C)C(=O)NC(C)(C)CC. The topological polar surface area (TPSA) is 59.8 Å². The molecule has 1 N–H and O–H groups in total. The first-order valence-corrected chi connectivity index (χ1v) is 7.68. The Morgan fingerprint density at radius 3 is 2.75 bits per heavy atom. The largest absolute Gasteiger partial charge is 0.350 e. The van der Waals surface area contributed by atoms with E-state index < -0.39 is 0 Å². The van der Waals surface area contributed by atoms with Gasteiger partial charge in [-0.15, -0.1) is 16.8 Å². The number of hydrogen-bond donors (Lipinski definition) is 1. The van der Waals surface area contributed by atoms with Gasteiger partial charge in [0.1, 0.15) is 5.82 Å². The van der Waals surface area contributed by atoms with Crippen molar-refractivity contribution >= 4 is 17.7 Å². The lowest BCUT2D eigenvalue weighted by atomic mass is 10.0. The second-order valence-corrected chi connectivity index (χ2v) is 6.72. The van der Waals surface area contributed by atoms with E-state index in [4.69, 9.17) is 0 Å². The van der Waals surface area contributed by atoms with Crippen molar-refractivity contribution in [3.63, 3.8) is 0 Å². The molecule has 0 bridgehead atoms. The van der Waals surface area contributed by atoms with Crippen molar-refractivity contribution in [2.24, 2.45) is 0 Å². The lowest BCUT2D eigenvalue weighted by Gasteiger charge is -2.26. The number of amides is 1. The van der Waals surface area contributed by atoms with Crippen LogP contribution < -0.4 is 5.32 Å². The monoisotopic (exact) mass is 296 g/mol. The van der Waals surface area contributed by atoms with Crippen molar-refractivity contribution in [1.82, 2.24) is 20.1 Å². The van der Waals surface area contributed by atoms with Gasteiger partial charge >= 0.3 is 0 Å². The van der Waals surface area contributed by atoms with Gasteiger partial charge < -0.3 is 9.88 Å². The van der Waals surface area contributed by atoms with Crippen molar-refractivity contribution in [3.8, 4) is 0 Å². The molecule has 112 valence electrons. The molecule has 5 nitrogen and oxygen atoms in total. The zero-order valence-electron chi connectivity index (χ0n) is 12.9. The zero-order chi connectivity index (χ0) is 15.3. The first-order chi connectivity index (χ1) is 9.30. The number of carbonyl (C=O) groups excluding carboxylic acids is 1. The number of hydrogen-bond acceptors (Lipinski definition) is 4. The Labute approximate surface area is 125 Å². The molecule has 0 spiro atoms. The van der Waals surface area contributed by atoms with Crippen molar-refractivity contribution in [2.75, 3.05) is 0 Å². The maximum absolute atomic E-state index is 12.2. The molecule has 1 atom stereocenters. The van der Waals surface area contributed by atoms with Gasteiger partial charge in [0.05, 0.1) is 5.25 Å². The molecule has 0 fully saturated rings. The highest BCUT2D eigenvalue weighted by molar-refractivity contribution is 8.00. The minimum absolute atomic E-state index is 0.0210. The summed E-state index contributed by atoms with van der Waals surface area (Å²) in [6, 6.07) is 0. The summed E-state index contributed by atoms with van der Waals surface area (Å²) in [5.41, 5.74) is -0.184. The molecule has 1 amide bonds. The van der Waals surface area contributed by atoms with Crippen LogP contribution in [0.5, 0.6) is 0 Å². The minimum atomic E-state index is -0.215. The van der Waals surface area contributed by atoms with E-state index in [1.807, 2.05) is 32.3 Å². The Morgan fingerprint density at radius 2 is 2.20 bits per heavy atom. The molecule has 0 aliphatic rings. The standard InChI is InChI=1S/C14H24N4OS/c1-7-9-18-11(4)16-17-13(18)20-10(3)12(19)15-14(5,6)8-2/h7,10H,1,8-9H2,2-6H3,(H,15,19). The normalized spacial score (nSPS) is 13.1. The van der Waals surface area contributed by atoms with Gasteiger partial charge in [-0.25, -0.2) is 0 Å². The summed E-state index contributed by atoms with van der Waals surface area (Å²) in [5, 5.41) is 11.8. The highest BCUT2D eigenvalue weighted by atomic mass is 32.2. The number of aromatic nitrogens is 3. The van der Waals surface area contributed by atoms with E-state index in [9.17, 15) is 4.79 Å². The van der Waals surface area contributed by atoms with Gasteiger partial charge in [-0.3, -0.25) is 4.79 Å². The Kier molecular flexibility index (Phi) is 5.80. The fourth-order valence-electron chi connectivity index (χ4n) is 1.52. The quantitative estimate of drug-likeness (QED) is 0.620. The third kappa shape index (κ3) is 4.37. The summed E-state index contributed by atoms with van der Waals surface area (Å²) in [6.07, 6.45) is 2.69. The van der Waals surface area contributed by atoms with Crippen LogP contribution in [0.4, 0.5) is 0 Å². The van der Waals surface area contributed by atoms with Crippen LogP contribution >= 0.6 is 11.8 Å². The average Bonchev–Trinajstić information content (AvgIpc) is 2.71. The second kappa shape index (κ2) is 6.92. The van der Waals surface area contributed by atoms with Gasteiger partial charge in [-0.2, -0.15) is 0 Å². The summed E-state index contributed by atoms with van der Waals surface area (Å²) in [7, 11) is 0. The van der Waals surface area contributed by atoms with Gasteiger partial charge in [-0.1, -0.05) is 24.8 Å². The fraction of sp³-hybridized carbons (Fsp3) is 0.643. The predicted molar refractivity (Wildman–Crippen MR) is 82.8 cm³/mol. The third-order valence-electron chi connectivity index (χ3n) is 3.21. The molecule has 1 rings (SSSR count). The van der Waals surface area contributed by atoms with E-state index in [2.05, 4.69) is 29.0 Å². The van der Waals surface area contributed by atoms with Gasteiger partial charge in [0.25, 0.3) is 0 Å². The van der Waals surface area contributed by atoms with E-state index >= 15 is 0 Å². The maximum Gasteiger partial charge on any atom is 0.233 e. The van der Waals surface area contributed by atoms with E-state index in [1.165, 1.54) is 11.8 Å². The number of nitrogens with one attached hydrogen (secondary N) is 1. The summed E-state index contributed by atoms with van der Waals surface area (Å²) in [5.74, 6) is 0.849. The molecule has 0 aliphatic carbocycles. The first-order valence-electron chi connectivity index (χ1n) is 6.80. The molecule has 6 heteroatoms. The van der Waals surface area contributed by atoms with E-state index in [1.54, 1.807) is 6.08 Å². The number of nitrogens with zero attached hydrogens (tertiary/aromatic N) is 3. The number of aryl methyl sites for hydroxylation is 1. The number of thioether (sulfide) groups is 1. The number of carbonyl (C=O) groups is 1. The van der Waals surface area contributed by atoms with E-state index in [-0.39, 0.29) is 16.7 Å². The lowest BCUT2D eigenvalue weighted by Crippen LogP contribution is -2.46. The number of allylic oxidation sites excluding steroid dienone is 1. The smallest absolute Gasteiger partial charge is 0.233 e. The van der Waals surface area contributed by atoms with Crippen LogP contribution in [0.1, 0.15) is 39.9 Å². The van der Waals surface area contributed by atoms with Crippen LogP contribution in [0, 0.1) is 6.92 Å². The third-order valence-corrected chi connectivity index (χ3v) is 4.29. The molecule has 0 aliphatic heterocycles. The van der Waals surface area contributed by atoms with Crippen molar-refractivity contribution < 1.29 is 4.79 Å². The molecular formula is C14H24N4OS. The van der Waals surface area contributed by atoms with Crippen LogP contribution in [0.15, 0.2) is 17.8 Å². The van der Waals surface area contributed by atoms with E-state index in [0.29, 0.717) is 6.54 Å². The van der Waals surface area contributed by atoms with Gasteiger partial charge in [-0.05, 0) is 34.1 Å². The molecule has 1 heterocycles. The van der Waals surface area contributed by atoms with Crippen LogP contribution in [-0.4, -0.2) is 31.5 Å². The van der Waals surface area contributed by atoms with Crippen molar-refractivity contribution in [2.45, 2.75) is 63.5 Å². The molecular weight excluding hydrogens is 272 g/mol. The Morgan fingerprint density at radius 1 is 1.55 bits per heavy atom.